The Morgan fingerprint density at radius 1 is 1.30 bits per heavy atom. The molecule has 2 aliphatic rings. The molecule has 2 aliphatic heterocycles. The molecule has 0 aliphatic carbocycles. The van der Waals surface area contributed by atoms with Crippen LogP contribution in [0.4, 0.5) is 14.6 Å². The molecule has 4 rings (SSSR count). The smallest absolute Gasteiger partial charge is 0.384 e. The molecule has 0 radical (unpaired) electrons. The fourth-order valence-electron chi connectivity index (χ4n) is 3.72. The molecule has 27 heavy (non-hydrogen) atoms. The van der Waals surface area contributed by atoms with Gasteiger partial charge >= 0.3 is 5.97 Å². The molecular weight excluding hydrogens is 360 g/mol. The van der Waals surface area contributed by atoms with Gasteiger partial charge in [0.1, 0.15) is 17.9 Å². The van der Waals surface area contributed by atoms with Gasteiger partial charge in [0.2, 0.25) is 5.43 Å². The van der Waals surface area contributed by atoms with Gasteiger partial charge in [0, 0.05) is 36.9 Å². The SMILES string of the molecule is C[C@H]1COc2c(N3CCN(C)CC3)c(F)cc3c(=O)c(C(=O)OF)cn1c23. The summed E-state index contributed by atoms with van der Waals surface area (Å²) >= 11 is 0. The lowest BCUT2D eigenvalue weighted by Crippen LogP contribution is -2.45. The minimum atomic E-state index is -1.39. The van der Waals surface area contributed by atoms with E-state index < -0.39 is 22.8 Å². The topological polar surface area (TPSA) is 64.0 Å². The number of carbonyl (C=O) groups is 1. The van der Waals surface area contributed by atoms with E-state index in [-0.39, 0.29) is 23.8 Å². The van der Waals surface area contributed by atoms with E-state index in [4.69, 9.17) is 4.74 Å². The van der Waals surface area contributed by atoms with Crippen molar-refractivity contribution in [3.8, 4) is 5.75 Å². The van der Waals surface area contributed by atoms with Crippen molar-refractivity contribution in [2.45, 2.75) is 13.0 Å². The molecule has 0 amide bonds. The second-order valence-corrected chi connectivity index (χ2v) is 7.03. The molecule has 7 nitrogen and oxygen atoms in total. The van der Waals surface area contributed by atoms with E-state index in [1.54, 1.807) is 4.57 Å². The van der Waals surface area contributed by atoms with Gasteiger partial charge in [-0.25, -0.2) is 14.1 Å². The summed E-state index contributed by atoms with van der Waals surface area (Å²) in [6, 6.07) is 0.874. The van der Waals surface area contributed by atoms with Crippen LogP contribution in [0, 0.1) is 5.82 Å². The number of anilines is 1. The number of aromatic nitrogens is 1. The number of carbonyl (C=O) groups excluding carboxylic acids is 1. The molecule has 2 aromatic rings. The van der Waals surface area contributed by atoms with Crippen LogP contribution in [-0.4, -0.2) is 55.3 Å². The lowest BCUT2D eigenvalue weighted by molar-refractivity contribution is -0.0789. The minimum Gasteiger partial charge on any atom is -0.487 e. The van der Waals surface area contributed by atoms with E-state index in [1.807, 2.05) is 18.9 Å². The summed E-state index contributed by atoms with van der Waals surface area (Å²) in [4.78, 5) is 31.5. The predicted molar refractivity (Wildman–Crippen MR) is 94.6 cm³/mol. The number of hydrogen-bond donors (Lipinski definition) is 0. The largest absolute Gasteiger partial charge is 0.487 e. The summed E-state index contributed by atoms with van der Waals surface area (Å²) in [5, 5.41) is -0.0326. The molecule has 1 aromatic heterocycles. The van der Waals surface area contributed by atoms with Crippen LogP contribution in [0.15, 0.2) is 17.1 Å². The van der Waals surface area contributed by atoms with Gasteiger partial charge in [-0.3, -0.25) is 4.79 Å². The number of nitrogens with zero attached hydrogens (tertiary/aromatic N) is 3. The zero-order valence-electron chi connectivity index (χ0n) is 15.0. The van der Waals surface area contributed by atoms with Gasteiger partial charge in [0.05, 0.1) is 16.9 Å². The number of rotatable bonds is 2. The van der Waals surface area contributed by atoms with Gasteiger partial charge in [0.25, 0.3) is 0 Å². The van der Waals surface area contributed by atoms with Crippen molar-refractivity contribution in [1.29, 1.82) is 0 Å². The Balaban J connectivity index is 1.99. The van der Waals surface area contributed by atoms with E-state index in [1.165, 1.54) is 6.20 Å². The molecule has 0 N–H and O–H groups in total. The Bertz CT molecular complexity index is 983. The zero-order chi connectivity index (χ0) is 19.3. The molecule has 0 saturated carbocycles. The zero-order valence-corrected chi connectivity index (χ0v) is 15.0. The highest BCUT2D eigenvalue weighted by Crippen LogP contribution is 2.42. The summed E-state index contributed by atoms with van der Waals surface area (Å²) in [6.07, 6.45) is 1.26. The van der Waals surface area contributed by atoms with Gasteiger partial charge in [-0.1, -0.05) is 0 Å². The second-order valence-electron chi connectivity index (χ2n) is 7.03. The van der Waals surface area contributed by atoms with Crippen molar-refractivity contribution in [3.63, 3.8) is 0 Å². The molecule has 0 unspecified atom stereocenters. The third-order valence-corrected chi connectivity index (χ3v) is 5.25. The number of pyridine rings is 1. The fraction of sp³-hybridized carbons (Fsp3) is 0.444. The Morgan fingerprint density at radius 3 is 2.67 bits per heavy atom. The maximum atomic E-state index is 15.0. The summed E-state index contributed by atoms with van der Waals surface area (Å²) in [6.45, 7) is 4.88. The first-order valence-electron chi connectivity index (χ1n) is 8.73. The van der Waals surface area contributed by atoms with E-state index in [2.05, 4.69) is 9.84 Å². The molecule has 0 bridgehead atoms. The van der Waals surface area contributed by atoms with Gasteiger partial charge in [-0.2, -0.15) is 0 Å². The Kier molecular flexibility index (Phi) is 4.26. The fourth-order valence-corrected chi connectivity index (χ4v) is 3.72. The van der Waals surface area contributed by atoms with Crippen molar-refractivity contribution >= 4 is 22.6 Å². The summed E-state index contributed by atoms with van der Waals surface area (Å²) in [5.41, 5.74) is -0.538. The lowest BCUT2D eigenvalue weighted by Gasteiger charge is -2.37. The Hall–Kier alpha value is -2.68. The van der Waals surface area contributed by atoms with Crippen LogP contribution in [0.1, 0.15) is 23.3 Å². The van der Waals surface area contributed by atoms with Crippen LogP contribution in [0.25, 0.3) is 10.9 Å². The molecular formula is C18H19F2N3O4. The highest BCUT2D eigenvalue weighted by Gasteiger charge is 2.31. The highest BCUT2D eigenvalue weighted by molar-refractivity contribution is 5.97. The number of ether oxygens (including phenoxy) is 1. The van der Waals surface area contributed by atoms with Crippen molar-refractivity contribution in [1.82, 2.24) is 9.47 Å². The van der Waals surface area contributed by atoms with Crippen molar-refractivity contribution in [2.24, 2.45) is 0 Å². The van der Waals surface area contributed by atoms with E-state index in [0.717, 1.165) is 19.2 Å². The number of hydrogen-bond acceptors (Lipinski definition) is 6. The first-order chi connectivity index (χ1) is 12.9. The van der Waals surface area contributed by atoms with Crippen LogP contribution < -0.4 is 15.1 Å². The standard InChI is InChI=1S/C18H19F2N3O4/c1-10-9-26-17-14-11(16(24)12(8-23(10)14)18(25)27-20)7-13(19)15(17)22-5-3-21(2)4-6-22/h7-8,10H,3-6,9H2,1-2H3/t10-/m0/s1. The number of piperazine rings is 1. The molecule has 3 heterocycles. The average Bonchev–Trinajstić information content (AvgIpc) is 2.66. The number of benzene rings is 1. The summed E-state index contributed by atoms with van der Waals surface area (Å²) < 4.78 is 34.9. The van der Waals surface area contributed by atoms with Crippen LogP contribution in [0.5, 0.6) is 5.75 Å². The minimum absolute atomic E-state index is 0.0326. The van der Waals surface area contributed by atoms with Crippen LogP contribution in [0.3, 0.4) is 0 Å². The number of halogens is 2. The maximum Gasteiger partial charge on any atom is 0.384 e. The van der Waals surface area contributed by atoms with Gasteiger partial charge in [0.15, 0.2) is 11.6 Å². The van der Waals surface area contributed by atoms with Gasteiger partial charge < -0.3 is 19.1 Å². The van der Waals surface area contributed by atoms with Gasteiger partial charge in [-0.05, 0) is 20.0 Å². The average molecular weight is 379 g/mol. The molecule has 1 aromatic carbocycles. The Labute approximate surface area is 153 Å². The van der Waals surface area contributed by atoms with Crippen molar-refractivity contribution in [3.05, 3.63) is 33.9 Å². The molecule has 1 atom stereocenters. The Morgan fingerprint density at radius 2 is 2.00 bits per heavy atom. The van der Waals surface area contributed by atoms with Gasteiger partial charge in [-0.15, -0.1) is 0 Å². The summed E-state index contributed by atoms with van der Waals surface area (Å²) in [5.74, 6) is -1.72. The number of likely N-dealkylation sites (N-methyl/N-ethyl adjacent to an activating group) is 1. The second kappa shape index (κ2) is 6.49. The maximum absolute atomic E-state index is 15.0. The van der Waals surface area contributed by atoms with Crippen molar-refractivity contribution < 1.29 is 23.4 Å². The highest BCUT2D eigenvalue weighted by atomic mass is 19.3. The first-order valence-corrected chi connectivity index (χ1v) is 8.73. The third-order valence-electron chi connectivity index (χ3n) is 5.25. The van der Waals surface area contributed by atoms with E-state index >= 15 is 4.39 Å². The quantitative estimate of drug-likeness (QED) is 0.794. The van der Waals surface area contributed by atoms with E-state index in [0.29, 0.717) is 24.3 Å². The molecule has 1 saturated heterocycles. The first kappa shape index (κ1) is 17.7. The normalized spacial score (nSPS) is 19.9. The summed E-state index contributed by atoms with van der Waals surface area (Å²) in [7, 11) is 2.00. The molecule has 0 spiro atoms. The van der Waals surface area contributed by atoms with Crippen molar-refractivity contribution in [2.75, 3.05) is 44.7 Å². The molecule has 9 heteroatoms. The molecule has 144 valence electrons. The van der Waals surface area contributed by atoms with Crippen LogP contribution >= 0.6 is 0 Å². The predicted octanol–water partition coefficient (Wildman–Crippen LogP) is 1.89. The molecule has 1 fully saturated rings. The van der Waals surface area contributed by atoms with Crippen LogP contribution in [0.2, 0.25) is 0 Å². The van der Waals surface area contributed by atoms with Crippen LogP contribution in [-0.2, 0) is 4.94 Å². The monoisotopic (exact) mass is 379 g/mol. The third kappa shape index (κ3) is 2.73. The lowest BCUT2D eigenvalue weighted by atomic mass is 10.1. The van der Waals surface area contributed by atoms with E-state index in [9.17, 15) is 14.1 Å².